The lowest BCUT2D eigenvalue weighted by atomic mass is 10.2. The third-order valence-electron chi connectivity index (χ3n) is 3.20. The lowest BCUT2D eigenvalue weighted by Crippen LogP contribution is -2.07. The molecule has 6 heteroatoms. The van der Waals surface area contributed by atoms with Crippen LogP contribution >= 0.6 is 27.5 Å². The summed E-state index contributed by atoms with van der Waals surface area (Å²) < 4.78 is 14.2. The van der Waals surface area contributed by atoms with E-state index in [2.05, 4.69) is 28.0 Å². The van der Waals surface area contributed by atoms with E-state index in [0.717, 1.165) is 28.0 Å². The van der Waals surface area contributed by atoms with E-state index < -0.39 is 0 Å². The summed E-state index contributed by atoms with van der Waals surface area (Å²) in [6.45, 7) is 5.24. The normalized spacial score (nSPS) is 10.7. The molecule has 0 radical (unpaired) electrons. The highest BCUT2D eigenvalue weighted by Gasteiger charge is 2.14. The minimum atomic E-state index is 0.422. The predicted molar refractivity (Wildman–Crippen MR) is 87.2 cm³/mol. The zero-order valence-corrected chi connectivity index (χ0v) is 14.7. The Morgan fingerprint density at radius 2 is 2.10 bits per heavy atom. The Morgan fingerprint density at radius 1 is 1.33 bits per heavy atom. The van der Waals surface area contributed by atoms with E-state index in [9.17, 15) is 0 Å². The largest absolute Gasteiger partial charge is 0.493 e. The fourth-order valence-corrected chi connectivity index (χ4v) is 2.63. The zero-order valence-electron chi connectivity index (χ0n) is 12.3. The van der Waals surface area contributed by atoms with Crippen molar-refractivity contribution in [2.75, 3.05) is 7.11 Å². The first-order chi connectivity index (χ1) is 10.1. The van der Waals surface area contributed by atoms with E-state index in [-0.39, 0.29) is 0 Å². The van der Waals surface area contributed by atoms with Crippen molar-refractivity contribution < 1.29 is 9.47 Å². The minimum absolute atomic E-state index is 0.422. The van der Waals surface area contributed by atoms with Crippen molar-refractivity contribution in [3.8, 4) is 11.5 Å². The first-order valence-electron chi connectivity index (χ1n) is 6.68. The second-order valence-electron chi connectivity index (χ2n) is 4.57. The van der Waals surface area contributed by atoms with Gasteiger partial charge >= 0.3 is 0 Å². The van der Waals surface area contributed by atoms with Crippen LogP contribution in [-0.4, -0.2) is 16.9 Å². The molecule has 114 valence electrons. The van der Waals surface area contributed by atoms with Crippen molar-refractivity contribution in [2.24, 2.45) is 0 Å². The summed E-state index contributed by atoms with van der Waals surface area (Å²) in [4.78, 5) is 0. The van der Waals surface area contributed by atoms with Crippen molar-refractivity contribution in [3.05, 3.63) is 39.6 Å². The van der Waals surface area contributed by atoms with Gasteiger partial charge in [-0.25, -0.2) is 0 Å². The molecule has 2 rings (SSSR count). The molecule has 1 aromatic carbocycles. The van der Waals surface area contributed by atoms with E-state index in [0.29, 0.717) is 24.0 Å². The number of ether oxygens (including phenoxy) is 2. The Balaban J connectivity index is 2.20. The topological polar surface area (TPSA) is 36.3 Å². The number of aromatic nitrogens is 2. The monoisotopic (exact) mass is 372 g/mol. The number of rotatable bonds is 6. The van der Waals surface area contributed by atoms with Crippen molar-refractivity contribution >= 4 is 27.5 Å². The first-order valence-corrected chi connectivity index (χ1v) is 8.00. The van der Waals surface area contributed by atoms with Crippen LogP contribution in [0, 0.1) is 6.92 Å². The molecule has 0 saturated heterocycles. The van der Waals surface area contributed by atoms with Gasteiger partial charge < -0.3 is 9.47 Å². The molecule has 0 spiro atoms. The molecule has 0 saturated carbocycles. The van der Waals surface area contributed by atoms with Gasteiger partial charge in [0.1, 0.15) is 6.61 Å². The number of nitrogens with zero attached hydrogens (tertiary/aromatic N) is 2. The molecule has 0 aliphatic heterocycles. The van der Waals surface area contributed by atoms with Crippen molar-refractivity contribution in [1.29, 1.82) is 0 Å². The second-order valence-corrected chi connectivity index (χ2v) is 5.63. The van der Waals surface area contributed by atoms with Gasteiger partial charge in [-0.05, 0) is 47.5 Å². The van der Waals surface area contributed by atoms with Crippen LogP contribution < -0.4 is 9.47 Å². The van der Waals surface area contributed by atoms with E-state index in [1.54, 1.807) is 7.11 Å². The molecule has 0 aliphatic rings. The second kappa shape index (κ2) is 7.18. The zero-order chi connectivity index (χ0) is 15.4. The van der Waals surface area contributed by atoms with Crippen LogP contribution in [0.2, 0.25) is 0 Å². The Bertz CT molecular complexity index is 628. The number of benzene rings is 1. The van der Waals surface area contributed by atoms with Crippen LogP contribution in [0.5, 0.6) is 11.5 Å². The molecule has 0 unspecified atom stereocenters. The van der Waals surface area contributed by atoms with Crippen LogP contribution in [0.3, 0.4) is 0 Å². The van der Waals surface area contributed by atoms with Crippen LogP contribution in [0.1, 0.15) is 23.9 Å². The van der Waals surface area contributed by atoms with E-state index >= 15 is 0 Å². The van der Waals surface area contributed by atoms with E-state index in [4.69, 9.17) is 21.1 Å². The summed E-state index contributed by atoms with van der Waals surface area (Å²) >= 11 is 9.39. The molecule has 1 heterocycles. The maximum Gasteiger partial charge on any atom is 0.161 e. The first kappa shape index (κ1) is 16.2. The molecule has 0 N–H and O–H groups in total. The predicted octanol–water partition coefficient (Wildman–Crippen LogP) is 4.30. The van der Waals surface area contributed by atoms with Gasteiger partial charge in [0.25, 0.3) is 0 Å². The molecule has 2 aromatic rings. The summed E-state index contributed by atoms with van der Waals surface area (Å²) in [7, 11) is 1.62. The SMILES string of the molecule is CCn1nc(C)c(Br)c1COc1ccc(CCl)cc1OC. The average Bonchev–Trinajstić information content (AvgIpc) is 2.79. The van der Waals surface area contributed by atoms with Crippen LogP contribution in [-0.2, 0) is 19.0 Å². The maximum atomic E-state index is 5.89. The lowest BCUT2D eigenvalue weighted by Gasteiger charge is -2.12. The fourth-order valence-electron chi connectivity index (χ4n) is 2.07. The number of alkyl halides is 1. The number of methoxy groups -OCH3 is 1. The lowest BCUT2D eigenvalue weighted by molar-refractivity contribution is 0.273. The van der Waals surface area contributed by atoms with Gasteiger partial charge in [0.2, 0.25) is 0 Å². The molecular formula is C15H18BrClN2O2. The molecule has 4 nitrogen and oxygen atoms in total. The Hall–Kier alpha value is -1.20. The van der Waals surface area contributed by atoms with Gasteiger partial charge in [-0.15, -0.1) is 11.6 Å². The third-order valence-corrected chi connectivity index (χ3v) is 4.54. The Kier molecular flexibility index (Phi) is 5.53. The molecular weight excluding hydrogens is 356 g/mol. The average molecular weight is 374 g/mol. The number of hydrogen-bond acceptors (Lipinski definition) is 3. The minimum Gasteiger partial charge on any atom is -0.493 e. The standard InChI is InChI=1S/C15H18BrClN2O2/c1-4-19-12(15(16)10(2)18-19)9-21-13-6-5-11(8-17)7-14(13)20-3/h5-7H,4,8-9H2,1-3H3. The molecule has 0 aliphatic carbocycles. The van der Waals surface area contributed by atoms with Gasteiger partial charge in [-0.1, -0.05) is 6.07 Å². The molecule has 0 fully saturated rings. The molecule has 0 bridgehead atoms. The van der Waals surface area contributed by atoms with Gasteiger partial charge in [-0.3, -0.25) is 4.68 Å². The Morgan fingerprint density at radius 3 is 2.71 bits per heavy atom. The summed E-state index contributed by atoms with van der Waals surface area (Å²) in [6.07, 6.45) is 0. The van der Waals surface area contributed by atoms with E-state index in [1.165, 1.54) is 0 Å². The number of halogens is 2. The summed E-state index contributed by atoms with van der Waals surface area (Å²) in [5, 5.41) is 4.45. The van der Waals surface area contributed by atoms with Gasteiger partial charge in [0, 0.05) is 12.4 Å². The molecule has 21 heavy (non-hydrogen) atoms. The highest BCUT2D eigenvalue weighted by molar-refractivity contribution is 9.10. The van der Waals surface area contributed by atoms with E-state index in [1.807, 2.05) is 29.8 Å². The van der Waals surface area contributed by atoms with Crippen molar-refractivity contribution in [1.82, 2.24) is 9.78 Å². The van der Waals surface area contributed by atoms with Crippen LogP contribution in [0.25, 0.3) is 0 Å². The number of aryl methyl sites for hydroxylation is 2. The highest BCUT2D eigenvalue weighted by atomic mass is 79.9. The van der Waals surface area contributed by atoms with Crippen molar-refractivity contribution in [3.63, 3.8) is 0 Å². The summed E-state index contributed by atoms with van der Waals surface area (Å²) in [5.41, 5.74) is 2.97. The third kappa shape index (κ3) is 3.52. The Labute approximate surface area is 138 Å². The molecule has 1 aromatic heterocycles. The quantitative estimate of drug-likeness (QED) is 0.708. The fraction of sp³-hybridized carbons (Fsp3) is 0.400. The van der Waals surface area contributed by atoms with Gasteiger partial charge in [0.15, 0.2) is 11.5 Å². The van der Waals surface area contributed by atoms with Gasteiger partial charge in [-0.2, -0.15) is 5.10 Å². The van der Waals surface area contributed by atoms with Crippen LogP contribution in [0.4, 0.5) is 0 Å². The smallest absolute Gasteiger partial charge is 0.161 e. The summed E-state index contributed by atoms with van der Waals surface area (Å²) in [6, 6.07) is 5.70. The molecule has 0 amide bonds. The van der Waals surface area contributed by atoms with Crippen molar-refractivity contribution in [2.45, 2.75) is 32.9 Å². The molecule has 0 atom stereocenters. The maximum absolute atomic E-state index is 5.89. The number of hydrogen-bond donors (Lipinski definition) is 0. The summed E-state index contributed by atoms with van der Waals surface area (Å²) in [5.74, 6) is 1.83. The van der Waals surface area contributed by atoms with Gasteiger partial charge in [0.05, 0.1) is 23.0 Å². The highest BCUT2D eigenvalue weighted by Crippen LogP contribution is 2.30. The van der Waals surface area contributed by atoms with Crippen LogP contribution in [0.15, 0.2) is 22.7 Å².